The molecule has 0 radical (unpaired) electrons. The second-order valence-corrected chi connectivity index (χ2v) is 3.38. The Morgan fingerprint density at radius 1 is 1.25 bits per heavy atom. The normalized spacial score (nSPS) is 23.9. The van der Waals surface area contributed by atoms with Crippen LogP contribution >= 0.6 is 0 Å². The standard InChI is InChI=1S/C9H10O7/c10-5(1-2-6(11)12)4-3-7(13)16-8(4)9(14)15/h4,8H,1-3H2,(H,11,12)(H,14,15)/p-2/t4-,8+/m0/s1. The first-order valence-electron chi connectivity index (χ1n) is 4.54. The predicted octanol–water partition coefficient (Wildman–Crippen LogP) is -3.23. The van der Waals surface area contributed by atoms with Gasteiger partial charge < -0.3 is 24.5 Å². The van der Waals surface area contributed by atoms with Gasteiger partial charge in [-0.1, -0.05) is 0 Å². The van der Waals surface area contributed by atoms with Crippen LogP contribution < -0.4 is 10.2 Å². The first-order valence-corrected chi connectivity index (χ1v) is 4.54. The van der Waals surface area contributed by atoms with E-state index < -0.39 is 42.1 Å². The van der Waals surface area contributed by atoms with Crippen molar-refractivity contribution in [3.8, 4) is 0 Å². The molecule has 1 heterocycles. The molecule has 2 atom stereocenters. The fourth-order valence-corrected chi connectivity index (χ4v) is 1.46. The molecule has 1 fully saturated rings. The van der Waals surface area contributed by atoms with Gasteiger partial charge in [0.1, 0.15) is 5.78 Å². The lowest BCUT2D eigenvalue weighted by Gasteiger charge is -2.17. The molecular formula is C9H8O7-2. The van der Waals surface area contributed by atoms with Crippen LogP contribution in [0.15, 0.2) is 0 Å². The number of carboxylic acids is 2. The molecule has 16 heavy (non-hydrogen) atoms. The Kier molecular flexibility index (Phi) is 3.60. The van der Waals surface area contributed by atoms with Crippen molar-refractivity contribution in [1.82, 2.24) is 0 Å². The fourth-order valence-electron chi connectivity index (χ4n) is 1.46. The number of hydrogen-bond acceptors (Lipinski definition) is 7. The molecule has 0 aromatic heterocycles. The lowest BCUT2D eigenvalue weighted by Crippen LogP contribution is -2.41. The monoisotopic (exact) mass is 228 g/mol. The number of aliphatic carboxylic acids is 2. The minimum absolute atomic E-state index is 0.357. The summed E-state index contributed by atoms with van der Waals surface area (Å²) in [5.41, 5.74) is 0. The second-order valence-electron chi connectivity index (χ2n) is 3.38. The van der Waals surface area contributed by atoms with E-state index in [1.807, 2.05) is 0 Å². The topological polar surface area (TPSA) is 124 Å². The van der Waals surface area contributed by atoms with Crippen LogP contribution in [-0.4, -0.2) is 29.8 Å². The average molecular weight is 228 g/mol. The number of hydrogen-bond donors (Lipinski definition) is 0. The minimum atomic E-state index is -1.65. The first-order chi connectivity index (χ1) is 7.41. The maximum Gasteiger partial charge on any atom is 0.307 e. The summed E-state index contributed by atoms with van der Waals surface area (Å²) in [5.74, 6) is -5.68. The van der Waals surface area contributed by atoms with Gasteiger partial charge in [0.05, 0.1) is 18.3 Å². The van der Waals surface area contributed by atoms with Gasteiger partial charge in [-0.25, -0.2) is 0 Å². The molecule has 0 spiro atoms. The van der Waals surface area contributed by atoms with Crippen molar-refractivity contribution in [3.05, 3.63) is 0 Å². The Morgan fingerprint density at radius 2 is 1.88 bits per heavy atom. The lowest BCUT2D eigenvalue weighted by atomic mass is 9.93. The summed E-state index contributed by atoms with van der Waals surface area (Å²) in [6.07, 6.45) is -2.86. The Bertz CT molecular complexity index is 346. The molecule has 0 bridgehead atoms. The molecule has 7 heteroatoms. The van der Waals surface area contributed by atoms with E-state index in [0.29, 0.717) is 0 Å². The number of cyclic esters (lactones) is 1. The zero-order valence-electron chi connectivity index (χ0n) is 8.13. The van der Waals surface area contributed by atoms with Crippen molar-refractivity contribution < 1.29 is 34.1 Å². The highest BCUT2D eigenvalue weighted by molar-refractivity contribution is 5.94. The van der Waals surface area contributed by atoms with E-state index in [9.17, 15) is 29.4 Å². The molecule has 1 saturated heterocycles. The Labute approximate surface area is 90.0 Å². The van der Waals surface area contributed by atoms with E-state index >= 15 is 0 Å². The molecule has 0 unspecified atom stereocenters. The number of carbonyl (C=O) groups excluding carboxylic acids is 4. The number of carbonyl (C=O) groups is 4. The SMILES string of the molecule is O=C([O-])CCC(=O)[C@@H]1CC(=O)O[C@H]1C(=O)[O-]. The molecule has 0 saturated carbocycles. The Hall–Kier alpha value is -1.92. The maximum atomic E-state index is 11.4. The van der Waals surface area contributed by atoms with E-state index in [0.717, 1.165) is 0 Å². The van der Waals surface area contributed by atoms with Crippen molar-refractivity contribution in [3.63, 3.8) is 0 Å². The van der Waals surface area contributed by atoms with Gasteiger partial charge in [-0.2, -0.15) is 0 Å². The highest BCUT2D eigenvalue weighted by Crippen LogP contribution is 2.24. The summed E-state index contributed by atoms with van der Waals surface area (Å²) in [5, 5.41) is 20.6. The first kappa shape index (κ1) is 12.2. The third kappa shape index (κ3) is 2.78. The van der Waals surface area contributed by atoms with Gasteiger partial charge in [-0.15, -0.1) is 0 Å². The zero-order valence-corrected chi connectivity index (χ0v) is 8.13. The molecule has 0 N–H and O–H groups in total. The van der Waals surface area contributed by atoms with Gasteiger partial charge in [0.25, 0.3) is 0 Å². The molecule has 1 aliphatic heterocycles. The van der Waals surface area contributed by atoms with Gasteiger partial charge in [-0.05, 0) is 6.42 Å². The van der Waals surface area contributed by atoms with Crippen LogP contribution in [0.3, 0.4) is 0 Å². The zero-order chi connectivity index (χ0) is 12.3. The number of esters is 1. The van der Waals surface area contributed by atoms with Crippen molar-refractivity contribution in [2.45, 2.75) is 25.4 Å². The highest BCUT2D eigenvalue weighted by atomic mass is 16.6. The van der Waals surface area contributed by atoms with E-state index in [4.69, 9.17) is 0 Å². The molecule has 0 aromatic carbocycles. The van der Waals surface area contributed by atoms with Crippen molar-refractivity contribution in [1.29, 1.82) is 0 Å². The van der Waals surface area contributed by atoms with E-state index in [1.54, 1.807) is 0 Å². The largest absolute Gasteiger partial charge is 0.550 e. The van der Waals surface area contributed by atoms with Gasteiger partial charge >= 0.3 is 5.97 Å². The smallest absolute Gasteiger partial charge is 0.307 e. The van der Waals surface area contributed by atoms with Crippen molar-refractivity contribution >= 4 is 23.7 Å². The third-order valence-electron chi connectivity index (χ3n) is 2.23. The molecule has 7 nitrogen and oxygen atoms in total. The molecular weight excluding hydrogens is 220 g/mol. The van der Waals surface area contributed by atoms with Crippen LogP contribution in [0.4, 0.5) is 0 Å². The second kappa shape index (κ2) is 4.73. The van der Waals surface area contributed by atoms with Gasteiger partial charge in [0.2, 0.25) is 0 Å². The summed E-state index contributed by atoms with van der Waals surface area (Å²) in [6, 6.07) is 0. The Balaban J connectivity index is 2.63. The molecule has 1 rings (SSSR count). The highest BCUT2D eigenvalue weighted by Gasteiger charge is 2.39. The Morgan fingerprint density at radius 3 is 2.38 bits per heavy atom. The number of ketones is 1. The summed E-state index contributed by atoms with van der Waals surface area (Å²) < 4.78 is 4.38. The van der Waals surface area contributed by atoms with Crippen LogP contribution in [0, 0.1) is 5.92 Å². The van der Waals surface area contributed by atoms with Crippen molar-refractivity contribution in [2.24, 2.45) is 5.92 Å². The van der Waals surface area contributed by atoms with Crippen LogP contribution in [0.1, 0.15) is 19.3 Å². The molecule has 1 aliphatic rings. The van der Waals surface area contributed by atoms with Crippen LogP contribution in [0.2, 0.25) is 0 Å². The van der Waals surface area contributed by atoms with Gasteiger partial charge in [0.15, 0.2) is 6.10 Å². The van der Waals surface area contributed by atoms with E-state index in [2.05, 4.69) is 4.74 Å². The third-order valence-corrected chi connectivity index (χ3v) is 2.23. The number of ether oxygens (including phenoxy) is 1. The van der Waals surface area contributed by atoms with Crippen LogP contribution in [-0.2, 0) is 23.9 Å². The molecule has 0 aliphatic carbocycles. The van der Waals surface area contributed by atoms with E-state index in [1.165, 1.54) is 0 Å². The number of carboxylic acid groups (broad SMARTS) is 2. The average Bonchev–Trinajstić information content (AvgIpc) is 2.56. The summed E-state index contributed by atoms with van der Waals surface area (Å²) >= 11 is 0. The summed E-state index contributed by atoms with van der Waals surface area (Å²) in [4.78, 5) is 42.9. The lowest BCUT2D eigenvalue weighted by molar-refractivity contribution is -0.315. The summed E-state index contributed by atoms with van der Waals surface area (Å²) in [7, 11) is 0. The maximum absolute atomic E-state index is 11.4. The fraction of sp³-hybridized carbons (Fsp3) is 0.556. The van der Waals surface area contributed by atoms with Gasteiger partial charge in [0, 0.05) is 12.4 Å². The number of Topliss-reactive ketones (excluding diaryl/α,β-unsaturated/α-hetero) is 1. The minimum Gasteiger partial charge on any atom is -0.550 e. The van der Waals surface area contributed by atoms with Crippen molar-refractivity contribution in [2.75, 3.05) is 0 Å². The number of rotatable bonds is 5. The van der Waals surface area contributed by atoms with Crippen LogP contribution in [0.5, 0.6) is 0 Å². The molecule has 0 amide bonds. The quantitative estimate of drug-likeness (QED) is 0.453. The van der Waals surface area contributed by atoms with E-state index in [-0.39, 0.29) is 12.8 Å². The van der Waals surface area contributed by atoms with Crippen LogP contribution in [0.25, 0.3) is 0 Å². The molecule has 0 aromatic rings. The predicted molar refractivity (Wildman–Crippen MR) is 42.2 cm³/mol. The molecule has 88 valence electrons. The van der Waals surface area contributed by atoms with Gasteiger partial charge in [-0.3, -0.25) is 9.59 Å². The summed E-state index contributed by atoms with van der Waals surface area (Å²) in [6.45, 7) is 0.